The van der Waals surface area contributed by atoms with Crippen LogP contribution in [0.1, 0.15) is 31.9 Å². The molecule has 0 spiro atoms. The van der Waals surface area contributed by atoms with Gasteiger partial charge in [-0.3, -0.25) is 4.79 Å². The second-order valence-electron chi connectivity index (χ2n) is 3.33. The Balaban J connectivity index is 2.41. The summed E-state index contributed by atoms with van der Waals surface area (Å²) in [4.78, 5) is 14.4. The summed E-state index contributed by atoms with van der Waals surface area (Å²) >= 11 is 0. The summed E-state index contributed by atoms with van der Waals surface area (Å²) in [5.41, 5.74) is 1.13. The third-order valence-electron chi connectivity index (χ3n) is 2.09. The zero-order valence-corrected chi connectivity index (χ0v) is 8.44. The van der Waals surface area contributed by atoms with Crippen LogP contribution in [0.5, 0.6) is 0 Å². The molecule has 0 saturated heterocycles. The lowest BCUT2D eigenvalue weighted by atomic mass is 10.2. The van der Waals surface area contributed by atoms with Crippen molar-refractivity contribution in [3.05, 3.63) is 18.2 Å². The number of hydrogen-bond donors (Lipinski definition) is 1. The Morgan fingerprint density at radius 3 is 3.07 bits per heavy atom. The fraction of sp³-hybridized carbons (Fsp3) is 0.600. The van der Waals surface area contributed by atoms with Crippen molar-refractivity contribution < 1.29 is 9.90 Å². The van der Waals surface area contributed by atoms with Crippen molar-refractivity contribution in [2.45, 2.75) is 39.2 Å². The van der Waals surface area contributed by atoms with Crippen LogP contribution in [-0.4, -0.2) is 20.6 Å². The second-order valence-corrected chi connectivity index (χ2v) is 3.33. The zero-order chi connectivity index (χ0) is 10.4. The summed E-state index contributed by atoms with van der Waals surface area (Å²) in [5.74, 6) is -0.730. The number of carboxylic acids is 1. The molecule has 1 N–H and O–H groups in total. The van der Waals surface area contributed by atoms with E-state index in [4.69, 9.17) is 5.11 Å². The molecule has 4 nitrogen and oxygen atoms in total. The Morgan fingerprint density at radius 1 is 1.64 bits per heavy atom. The second kappa shape index (κ2) is 5.42. The topological polar surface area (TPSA) is 55.1 Å². The molecule has 0 unspecified atom stereocenters. The molecular formula is C10H16N2O2. The molecule has 1 heterocycles. The first-order valence-electron chi connectivity index (χ1n) is 4.95. The largest absolute Gasteiger partial charge is 0.481 e. The van der Waals surface area contributed by atoms with Crippen molar-refractivity contribution in [2.24, 2.45) is 0 Å². The van der Waals surface area contributed by atoms with Crippen LogP contribution in [-0.2, 0) is 17.8 Å². The summed E-state index contributed by atoms with van der Waals surface area (Å²) in [5, 5.41) is 8.49. The molecule has 0 fully saturated rings. The summed E-state index contributed by atoms with van der Waals surface area (Å²) < 4.78 is 2.09. The van der Waals surface area contributed by atoms with Crippen molar-refractivity contribution >= 4 is 5.97 Å². The first-order valence-corrected chi connectivity index (χ1v) is 4.95. The molecule has 78 valence electrons. The van der Waals surface area contributed by atoms with Gasteiger partial charge in [0.25, 0.3) is 0 Å². The molecule has 0 amide bonds. The fourth-order valence-electron chi connectivity index (χ4n) is 1.42. The van der Waals surface area contributed by atoms with Crippen molar-refractivity contribution in [1.29, 1.82) is 0 Å². The monoisotopic (exact) mass is 196 g/mol. The van der Waals surface area contributed by atoms with E-state index in [-0.39, 0.29) is 6.42 Å². The highest BCUT2D eigenvalue weighted by Crippen LogP contribution is 2.05. The van der Waals surface area contributed by atoms with Crippen LogP contribution in [0.3, 0.4) is 0 Å². The van der Waals surface area contributed by atoms with E-state index in [9.17, 15) is 4.79 Å². The smallest absolute Gasteiger partial charge is 0.303 e. The van der Waals surface area contributed by atoms with Gasteiger partial charge < -0.3 is 9.67 Å². The van der Waals surface area contributed by atoms with Crippen LogP contribution in [0.2, 0.25) is 0 Å². The van der Waals surface area contributed by atoms with Crippen LogP contribution in [0, 0.1) is 0 Å². The number of hydrogen-bond acceptors (Lipinski definition) is 2. The molecule has 0 aliphatic carbocycles. The number of aromatic nitrogens is 2. The van der Waals surface area contributed by atoms with E-state index in [1.54, 1.807) is 6.33 Å². The summed E-state index contributed by atoms with van der Waals surface area (Å²) in [7, 11) is 0. The Kier molecular flexibility index (Phi) is 4.16. The number of aryl methyl sites for hydroxylation is 2. The lowest BCUT2D eigenvalue weighted by Crippen LogP contribution is -2.02. The number of imidazole rings is 1. The third kappa shape index (κ3) is 3.20. The predicted molar refractivity (Wildman–Crippen MR) is 53.1 cm³/mol. The highest BCUT2D eigenvalue weighted by molar-refractivity contribution is 5.66. The molecule has 0 atom stereocenters. The normalized spacial score (nSPS) is 10.4. The van der Waals surface area contributed by atoms with Crippen molar-refractivity contribution in [3.8, 4) is 0 Å². The van der Waals surface area contributed by atoms with E-state index in [1.165, 1.54) is 0 Å². The predicted octanol–water partition coefficient (Wildman–Crippen LogP) is 1.70. The van der Waals surface area contributed by atoms with Crippen molar-refractivity contribution in [1.82, 2.24) is 9.55 Å². The molecule has 0 bridgehead atoms. The number of aliphatic carboxylic acids is 1. The minimum Gasteiger partial charge on any atom is -0.481 e. The molecule has 1 rings (SSSR count). The Hall–Kier alpha value is -1.32. The van der Waals surface area contributed by atoms with E-state index in [2.05, 4.69) is 16.5 Å². The van der Waals surface area contributed by atoms with Crippen LogP contribution < -0.4 is 0 Å². The summed E-state index contributed by atoms with van der Waals surface area (Å²) in [6.07, 6.45) is 6.41. The third-order valence-corrected chi connectivity index (χ3v) is 2.09. The maximum atomic E-state index is 10.3. The Morgan fingerprint density at radius 2 is 2.43 bits per heavy atom. The van der Waals surface area contributed by atoms with Gasteiger partial charge in [0.15, 0.2) is 0 Å². The molecule has 0 aliphatic heterocycles. The molecule has 1 aromatic heterocycles. The van der Waals surface area contributed by atoms with Crippen molar-refractivity contribution in [2.75, 3.05) is 0 Å². The number of carbonyl (C=O) groups is 1. The van der Waals surface area contributed by atoms with Crippen LogP contribution in [0.15, 0.2) is 12.5 Å². The Labute approximate surface area is 83.6 Å². The lowest BCUT2D eigenvalue weighted by molar-refractivity contribution is -0.137. The van der Waals surface area contributed by atoms with Gasteiger partial charge in [-0.05, 0) is 19.3 Å². The minimum absolute atomic E-state index is 0.233. The standard InChI is InChI=1S/C10H16N2O2/c1-2-6-12-8-11-7-9(12)4-3-5-10(13)14/h7-8H,2-6H2,1H3,(H,13,14). The van der Waals surface area contributed by atoms with E-state index in [1.807, 2.05) is 6.20 Å². The molecule has 14 heavy (non-hydrogen) atoms. The van der Waals surface area contributed by atoms with E-state index >= 15 is 0 Å². The Bertz CT molecular complexity index is 294. The lowest BCUT2D eigenvalue weighted by Gasteiger charge is -2.04. The minimum atomic E-state index is -0.730. The number of carboxylic acid groups (broad SMARTS) is 1. The fourth-order valence-corrected chi connectivity index (χ4v) is 1.42. The quantitative estimate of drug-likeness (QED) is 0.753. The average Bonchev–Trinajstić information content (AvgIpc) is 2.53. The van der Waals surface area contributed by atoms with Crippen LogP contribution >= 0.6 is 0 Å². The van der Waals surface area contributed by atoms with Gasteiger partial charge in [-0.1, -0.05) is 6.92 Å². The van der Waals surface area contributed by atoms with Gasteiger partial charge >= 0.3 is 5.97 Å². The van der Waals surface area contributed by atoms with E-state index < -0.39 is 5.97 Å². The average molecular weight is 196 g/mol. The first kappa shape index (κ1) is 10.8. The van der Waals surface area contributed by atoms with Crippen LogP contribution in [0.4, 0.5) is 0 Å². The van der Waals surface area contributed by atoms with Gasteiger partial charge in [0.05, 0.1) is 6.33 Å². The number of nitrogens with zero attached hydrogens (tertiary/aromatic N) is 2. The summed E-state index contributed by atoms with van der Waals surface area (Å²) in [6, 6.07) is 0. The highest BCUT2D eigenvalue weighted by Gasteiger charge is 2.02. The number of rotatable bonds is 6. The maximum absolute atomic E-state index is 10.3. The maximum Gasteiger partial charge on any atom is 0.303 e. The molecule has 0 radical (unpaired) electrons. The molecule has 0 aliphatic rings. The molecular weight excluding hydrogens is 180 g/mol. The highest BCUT2D eigenvalue weighted by atomic mass is 16.4. The molecule has 4 heteroatoms. The van der Waals surface area contributed by atoms with Gasteiger partial charge in [-0.15, -0.1) is 0 Å². The zero-order valence-electron chi connectivity index (χ0n) is 8.44. The van der Waals surface area contributed by atoms with Gasteiger partial charge in [0.1, 0.15) is 0 Å². The van der Waals surface area contributed by atoms with Gasteiger partial charge in [-0.25, -0.2) is 4.98 Å². The summed E-state index contributed by atoms with van der Waals surface area (Å²) in [6.45, 7) is 3.07. The van der Waals surface area contributed by atoms with Crippen molar-refractivity contribution in [3.63, 3.8) is 0 Å². The van der Waals surface area contributed by atoms with Crippen LogP contribution in [0.25, 0.3) is 0 Å². The van der Waals surface area contributed by atoms with E-state index in [0.29, 0.717) is 6.42 Å². The van der Waals surface area contributed by atoms with Gasteiger partial charge in [0.2, 0.25) is 0 Å². The molecule has 0 saturated carbocycles. The SMILES string of the molecule is CCCn1cncc1CCCC(=O)O. The van der Waals surface area contributed by atoms with Gasteiger partial charge in [-0.2, -0.15) is 0 Å². The molecule has 0 aromatic carbocycles. The van der Waals surface area contributed by atoms with Gasteiger partial charge in [0, 0.05) is 24.9 Å². The van der Waals surface area contributed by atoms with E-state index in [0.717, 1.165) is 25.1 Å². The molecule has 1 aromatic rings. The first-order chi connectivity index (χ1) is 6.74.